The van der Waals surface area contributed by atoms with Gasteiger partial charge in [0.05, 0.1) is 21.1 Å². The Morgan fingerprint density at radius 1 is 1.00 bits per heavy atom. The average Bonchev–Trinajstić information content (AvgIpc) is 3.07. The van der Waals surface area contributed by atoms with E-state index in [2.05, 4.69) is 31.9 Å². The van der Waals surface area contributed by atoms with Gasteiger partial charge in [0.15, 0.2) is 5.75 Å². The second-order valence-corrected chi connectivity index (χ2v) is 8.45. The molecule has 0 aliphatic rings. The highest BCUT2D eigenvalue weighted by molar-refractivity contribution is 9.11. The molecule has 0 N–H and O–H groups in total. The van der Waals surface area contributed by atoms with Crippen LogP contribution in [0.5, 0.6) is 5.75 Å². The molecule has 0 fully saturated rings. The molecule has 150 valence electrons. The van der Waals surface area contributed by atoms with Crippen LogP contribution < -0.4 is 4.74 Å². The molecular formula is C23H16Br2N2O3. The van der Waals surface area contributed by atoms with Crippen molar-refractivity contribution in [3.05, 3.63) is 92.6 Å². The fourth-order valence-electron chi connectivity index (χ4n) is 3.29. The largest absolute Gasteiger partial charge is 0.425 e. The van der Waals surface area contributed by atoms with E-state index in [0.717, 1.165) is 11.1 Å². The molecule has 5 nitrogen and oxygen atoms in total. The van der Waals surface area contributed by atoms with E-state index in [-0.39, 0.29) is 17.2 Å². The van der Waals surface area contributed by atoms with Crippen LogP contribution in [0, 0.1) is 0 Å². The van der Waals surface area contributed by atoms with Crippen molar-refractivity contribution in [3.63, 3.8) is 0 Å². The molecule has 0 aliphatic heterocycles. The predicted octanol–water partition coefficient (Wildman–Crippen LogP) is 5.77. The molecule has 4 rings (SSSR count). The standard InChI is InChI=1S/C23H16Br2N2O3/c1-14(28)30-22-17(12-16(24)13-18(22)25)23(29)27-20-10-6-5-9-19(20)26-21(27)11-15-7-3-2-4-8-15/h2-10,12-13H,11H2,1H3. The van der Waals surface area contributed by atoms with Gasteiger partial charge in [-0.2, -0.15) is 0 Å². The van der Waals surface area contributed by atoms with Gasteiger partial charge in [0.25, 0.3) is 5.91 Å². The third-order valence-corrected chi connectivity index (χ3v) is 5.57. The summed E-state index contributed by atoms with van der Waals surface area (Å²) in [6.45, 7) is 1.30. The summed E-state index contributed by atoms with van der Waals surface area (Å²) in [6, 6.07) is 20.7. The molecule has 0 amide bonds. The van der Waals surface area contributed by atoms with Crippen molar-refractivity contribution in [2.45, 2.75) is 13.3 Å². The first-order chi connectivity index (χ1) is 14.4. The second-order valence-electron chi connectivity index (χ2n) is 6.68. The number of rotatable bonds is 4. The van der Waals surface area contributed by atoms with Gasteiger partial charge < -0.3 is 4.74 Å². The number of ether oxygens (including phenoxy) is 1. The van der Waals surface area contributed by atoms with E-state index in [4.69, 9.17) is 9.72 Å². The Labute approximate surface area is 189 Å². The lowest BCUT2D eigenvalue weighted by atomic mass is 10.1. The Balaban J connectivity index is 1.90. The molecule has 0 bridgehead atoms. The van der Waals surface area contributed by atoms with E-state index in [1.165, 1.54) is 6.92 Å². The summed E-state index contributed by atoms with van der Waals surface area (Å²) < 4.78 is 8.13. The zero-order chi connectivity index (χ0) is 21.3. The molecule has 0 radical (unpaired) electrons. The van der Waals surface area contributed by atoms with Crippen molar-refractivity contribution >= 4 is 54.8 Å². The Morgan fingerprint density at radius 2 is 1.70 bits per heavy atom. The smallest absolute Gasteiger partial charge is 0.308 e. The highest BCUT2D eigenvalue weighted by Gasteiger charge is 2.24. The molecule has 0 spiro atoms. The number of hydrogen-bond donors (Lipinski definition) is 0. The summed E-state index contributed by atoms with van der Waals surface area (Å²) in [4.78, 5) is 30.1. The molecule has 7 heteroatoms. The molecule has 0 saturated carbocycles. The van der Waals surface area contributed by atoms with E-state index >= 15 is 0 Å². The van der Waals surface area contributed by atoms with Crippen molar-refractivity contribution in [1.82, 2.24) is 9.55 Å². The summed E-state index contributed by atoms with van der Waals surface area (Å²) in [5.41, 5.74) is 2.71. The summed E-state index contributed by atoms with van der Waals surface area (Å²) in [6.07, 6.45) is 0.485. The van der Waals surface area contributed by atoms with Gasteiger partial charge in [-0.1, -0.05) is 58.4 Å². The van der Waals surface area contributed by atoms with E-state index in [0.29, 0.717) is 26.7 Å². The highest BCUT2D eigenvalue weighted by Crippen LogP contribution is 2.34. The Bertz CT molecular complexity index is 1270. The summed E-state index contributed by atoms with van der Waals surface area (Å²) in [5, 5.41) is 0. The fraction of sp³-hybridized carbons (Fsp3) is 0.0870. The van der Waals surface area contributed by atoms with Crippen molar-refractivity contribution < 1.29 is 14.3 Å². The topological polar surface area (TPSA) is 61.2 Å². The molecule has 0 saturated heterocycles. The van der Waals surface area contributed by atoms with Gasteiger partial charge >= 0.3 is 5.97 Å². The molecule has 0 atom stereocenters. The lowest BCUT2D eigenvalue weighted by Crippen LogP contribution is -2.18. The molecule has 30 heavy (non-hydrogen) atoms. The van der Waals surface area contributed by atoms with Crippen LogP contribution in [0.4, 0.5) is 0 Å². The van der Waals surface area contributed by atoms with Crippen LogP contribution >= 0.6 is 31.9 Å². The molecular weight excluding hydrogens is 512 g/mol. The number of halogens is 2. The van der Waals surface area contributed by atoms with Crippen LogP contribution in [0.3, 0.4) is 0 Å². The lowest BCUT2D eigenvalue weighted by Gasteiger charge is -2.14. The molecule has 0 aliphatic carbocycles. The van der Waals surface area contributed by atoms with Gasteiger partial charge in [0.1, 0.15) is 5.82 Å². The number of hydrogen-bond acceptors (Lipinski definition) is 4. The number of fused-ring (bicyclic) bond motifs is 1. The lowest BCUT2D eigenvalue weighted by molar-refractivity contribution is -0.131. The van der Waals surface area contributed by atoms with E-state index < -0.39 is 5.97 Å². The number of nitrogens with zero attached hydrogens (tertiary/aromatic N) is 2. The van der Waals surface area contributed by atoms with Crippen LogP contribution in [0.15, 0.2) is 75.7 Å². The molecule has 1 heterocycles. The average molecular weight is 528 g/mol. The quantitative estimate of drug-likeness (QED) is 0.250. The minimum absolute atomic E-state index is 0.180. The maximum atomic E-state index is 13.7. The maximum Gasteiger partial charge on any atom is 0.308 e. The van der Waals surface area contributed by atoms with Crippen LogP contribution in [0.1, 0.15) is 28.7 Å². The molecule has 3 aromatic carbocycles. The zero-order valence-electron chi connectivity index (χ0n) is 15.9. The number of esters is 1. The Kier molecular flexibility index (Phi) is 5.83. The van der Waals surface area contributed by atoms with Gasteiger partial charge in [0, 0.05) is 17.8 Å². The van der Waals surface area contributed by atoms with Gasteiger partial charge in [-0.15, -0.1) is 0 Å². The van der Waals surface area contributed by atoms with Gasteiger partial charge in [-0.05, 0) is 45.8 Å². The van der Waals surface area contributed by atoms with Gasteiger partial charge in [0.2, 0.25) is 0 Å². The van der Waals surface area contributed by atoms with Crippen molar-refractivity contribution in [1.29, 1.82) is 0 Å². The molecule has 4 aromatic rings. The number of para-hydroxylation sites is 2. The fourth-order valence-corrected chi connectivity index (χ4v) is 4.59. The van der Waals surface area contributed by atoms with E-state index in [1.807, 2.05) is 54.6 Å². The zero-order valence-corrected chi connectivity index (χ0v) is 19.1. The second kappa shape index (κ2) is 8.53. The normalized spacial score (nSPS) is 10.9. The summed E-state index contributed by atoms with van der Waals surface area (Å²) >= 11 is 6.82. The van der Waals surface area contributed by atoms with Crippen LogP contribution in [-0.2, 0) is 11.2 Å². The first-order valence-corrected chi connectivity index (χ1v) is 10.7. The SMILES string of the molecule is CC(=O)Oc1c(Br)cc(Br)cc1C(=O)n1c(Cc2ccccc2)nc2ccccc21. The Hall–Kier alpha value is -2.77. The first-order valence-electron chi connectivity index (χ1n) is 9.16. The summed E-state index contributed by atoms with van der Waals surface area (Å²) in [7, 11) is 0. The number of aromatic nitrogens is 2. The van der Waals surface area contributed by atoms with E-state index in [9.17, 15) is 9.59 Å². The molecule has 1 aromatic heterocycles. The maximum absolute atomic E-state index is 13.7. The third kappa shape index (κ3) is 4.08. The van der Waals surface area contributed by atoms with E-state index in [1.54, 1.807) is 16.7 Å². The monoisotopic (exact) mass is 526 g/mol. The number of carbonyl (C=O) groups excluding carboxylic acids is 2. The van der Waals surface area contributed by atoms with Crippen LogP contribution in [0.2, 0.25) is 0 Å². The predicted molar refractivity (Wildman–Crippen MR) is 122 cm³/mol. The number of carbonyl (C=O) groups is 2. The van der Waals surface area contributed by atoms with Gasteiger partial charge in [-0.3, -0.25) is 14.2 Å². The Morgan fingerprint density at radius 3 is 2.43 bits per heavy atom. The van der Waals surface area contributed by atoms with Crippen molar-refractivity contribution in [3.8, 4) is 5.75 Å². The summed E-state index contributed by atoms with van der Waals surface area (Å²) in [5.74, 6) is -0.0450. The van der Waals surface area contributed by atoms with Crippen LogP contribution in [-0.4, -0.2) is 21.4 Å². The minimum Gasteiger partial charge on any atom is -0.425 e. The molecule has 0 unspecified atom stereocenters. The number of benzene rings is 3. The van der Waals surface area contributed by atoms with Crippen molar-refractivity contribution in [2.75, 3.05) is 0 Å². The van der Waals surface area contributed by atoms with Crippen molar-refractivity contribution in [2.24, 2.45) is 0 Å². The first kappa shape index (κ1) is 20.5. The minimum atomic E-state index is -0.507. The van der Waals surface area contributed by atoms with Crippen LogP contribution in [0.25, 0.3) is 11.0 Å². The highest BCUT2D eigenvalue weighted by atomic mass is 79.9. The third-order valence-electron chi connectivity index (χ3n) is 4.52. The van der Waals surface area contributed by atoms with Gasteiger partial charge in [-0.25, -0.2) is 4.98 Å². The number of imidazole rings is 1.